The van der Waals surface area contributed by atoms with Gasteiger partial charge < -0.3 is 15.1 Å². The highest BCUT2D eigenvalue weighted by molar-refractivity contribution is 6.02. The normalized spacial score (nSPS) is 19.3. The van der Waals surface area contributed by atoms with E-state index < -0.39 is 24.2 Å². The summed E-state index contributed by atoms with van der Waals surface area (Å²) in [6.07, 6.45) is -4.32. The van der Waals surface area contributed by atoms with Crippen molar-refractivity contribution in [3.05, 3.63) is 59.5 Å². The molecule has 3 heterocycles. The molecule has 0 radical (unpaired) electrons. The van der Waals surface area contributed by atoms with Gasteiger partial charge in [-0.3, -0.25) is 9.89 Å². The van der Waals surface area contributed by atoms with Crippen LogP contribution in [0.2, 0.25) is 0 Å². The molecule has 1 unspecified atom stereocenters. The molecule has 1 atom stereocenters. The predicted molar refractivity (Wildman–Crippen MR) is 121 cm³/mol. The van der Waals surface area contributed by atoms with Gasteiger partial charge in [0.2, 0.25) is 0 Å². The van der Waals surface area contributed by atoms with Crippen molar-refractivity contribution in [3.8, 4) is 0 Å². The maximum absolute atomic E-state index is 13.4. The third-order valence-corrected chi connectivity index (χ3v) is 6.68. The number of carbonyl (C=O) groups is 2. The van der Waals surface area contributed by atoms with E-state index in [4.69, 9.17) is 4.84 Å². The van der Waals surface area contributed by atoms with Gasteiger partial charge in [-0.2, -0.15) is 23.3 Å². The number of nitrogens with zero attached hydrogens (tertiary/aromatic N) is 3. The second-order valence-electron chi connectivity index (χ2n) is 8.93. The van der Waals surface area contributed by atoms with Crippen molar-refractivity contribution in [3.63, 3.8) is 0 Å². The van der Waals surface area contributed by atoms with Crippen molar-refractivity contribution in [2.75, 3.05) is 24.7 Å². The Hall–Kier alpha value is -3.67. The first-order chi connectivity index (χ1) is 17.2. The number of H-pyrrole nitrogens is 1. The Morgan fingerprint density at radius 3 is 2.64 bits per heavy atom. The summed E-state index contributed by atoms with van der Waals surface area (Å²) >= 11 is 0. The molecule has 1 aromatic heterocycles. The lowest BCUT2D eigenvalue weighted by Gasteiger charge is -2.43. The number of amides is 1. The average Bonchev–Trinajstić information content (AvgIpc) is 3.26. The van der Waals surface area contributed by atoms with Crippen LogP contribution in [-0.4, -0.2) is 59.0 Å². The number of piperidine rings is 1. The SMILES string of the molecule is O=C1NC(C2CCN(CCc3n[nH]c4cc(F)ccc34)CC2)N(OC(=O)C(F)(F)F)c2ccccc21. The summed E-state index contributed by atoms with van der Waals surface area (Å²) in [5.74, 6) is -3.36. The molecule has 2 aliphatic heterocycles. The van der Waals surface area contributed by atoms with Gasteiger partial charge >= 0.3 is 12.1 Å². The van der Waals surface area contributed by atoms with Crippen LogP contribution in [-0.2, 0) is 16.1 Å². The number of likely N-dealkylation sites (tertiary alicyclic amines) is 1. The number of hydroxylamine groups is 1. The summed E-state index contributed by atoms with van der Waals surface area (Å²) in [5, 5.41) is 11.6. The van der Waals surface area contributed by atoms with Crippen molar-refractivity contribution >= 4 is 28.5 Å². The number of rotatable bonds is 5. The van der Waals surface area contributed by atoms with Gasteiger partial charge in [-0.1, -0.05) is 12.1 Å². The van der Waals surface area contributed by atoms with Crippen molar-refractivity contribution < 1.29 is 32.0 Å². The molecule has 0 bridgehead atoms. The van der Waals surface area contributed by atoms with Crippen molar-refractivity contribution in [2.45, 2.75) is 31.6 Å². The molecule has 1 amide bonds. The Bertz CT molecular complexity index is 1290. The zero-order valence-corrected chi connectivity index (χ0v) is 19.0. The lowest BCUT2D eigenvalue weighted by Crippen LogP contribution is -2.59. The molecule has 1 saturated heterocycles. The Balaban J connectivity index is 1.26. The number of aromatic amines is 1. The van der Waals surface area contributed by atoms with Crippen molar-refractivity contribution in [1.82, 2.24) is 20.4 Å². The maximum atomic E-state index is 13.4. The Kier molecular flexibility index (Phi) is 6.29. The summed E-state index contributed by atoms with van der Waals surface area (Å²) < 4.78 is 52.3. The lowest BCUT2D eigenvalue weighted by molar-refractivity contribution is -0.203. The molecule has 8 nitrogen and oxygen atoms in total. The number of anilines is 1. The molecule has 12 heteroatoms. The average molecular weight is 505 g/mol. The molecule has 3 aromatic rings. The van der Waals surface area contributed by atoms with Gasteiger partial charge in [0, 0.05) is 24.3 Å². The number of fused-ring (bicyclic) bond motifs is 2. The predicted octanol–water partition coefficient (Wildman–Crippen LogP) is 3.55. The largest absolute Gasteiger partial charge is 0.493 e. The number of carbonyl (C=O) groups excluding carboxylic acids is 2. The molecule has 2 aliphatic rings. The van der Waals surface area contributed by atoms with E-state index in [0.29, 0.717) is 44.4 Å². The fourth-order valence-corrected chi connectivity index (χ4v) is 4.83. The Morgan fingerprint density at radius 1 is 1.14 bits per heavy atom. The van der Waals surface area contributed by atoms with Gasteiger partial charge in [-0.25, -0.2) is 9.18 Å². The first kappa shape index (κ1) is 24.0. The van der Waals surface area contributed by atoms with Crippen LogP contribution in [0.3, 0.4) is 0 Å². The van der Waals surface area contributed by atoms with E-state index in [2.05, 4.69) is 20.4 Å². The summed E-state index contributed by atoms with van der Waals surface area (Å²) in [5.41, 5.74) is 1.71. The molecule has 0 aliphatic carbocycles. The maximum Gasteiger partial charge on any atom is 0.493 e. The summed E-state index contributed by atoms with van der Waals surface area (Å²) in [6, 6.07) is 10.5. The van der Waals surface area contributed by atoms with Gasteiger partial charge in [0.25, 0.3) is 5.91 Å². The van der Waals surface area contributed by atoms with Crippen LogP contribution in [0.25, 0.3) is 10.9 Å². The zero-order chi connectivity index (χ0) is 25.4. The number of benzene rings is 2. The number of aromatic nitrogens is 2. The van der Waals surface area contributed by atoms with E-state index in [1.54, 1.807) is 18.2 Å². The number of halogens is 4. The summed E-state index contributed by atoms with van der Waals surface area (Å²) in [7, 11) is 0. The van der Waals surface area contributed by atoms with Crippen molar-refractivity contribution in [2.24, 2.45) is 5.92 Å². The molecular weight excluding hydrogens is 482 g/mol. The van der Waals surface area contributed by atoms with Gasteiger partial charge in [0.05, 0.1) is 22.5 Å². The van der Waals surface area contributed by atoms with Crippen LogP contribution in [0.15, 0.2) is 42.5 Å². The topological polar surface area (TPSA) is 90.6 Å². The van der Waals surface area contributed by atoms with E-state index in [-0.39, 0.29) is 23.0 Å². The second-order valence-corrected chi connectivity index (χ2v) is 8.93. The van der Waals surface area contributed by atoms with Crippen LogP contribution >= 0.6 is 0 Å². The van der Waals surface area contributed by atoms with E-state index in [1.807, 2.05) is 0 Å². The third-order valence-electron chi connectivity index (χ3n) is 6.68. The lowest BCUT2D eigenvalue weighted by atomic mass is 9.91. The number of hydrogen-bond acceptors (Lipinski definition) is 6. The minimum Gasteiger partial charge on any atom is -0.330 e. The molecular formula is C24H23F4N5O3. The van der Waals surface area contributed by atoms with Crippen LogP contribution in [0.4, 0.5) is 23.2 Å². The van der Waals surface area contributed by atoms with Gasteiger partial charge in [-0.15, -0.1) is 0 Å². The highest BCUT2D eigenvalue weighted by Gasteiger charge is 2.46. The number of hydrogen-bond donors (Lipinski definition) is 2. The first-order valence-corrected chi connectivity index (χ1v) is 11.5. The van der Waals surface area contributed by atoms with Gasteiger partial charge in [-0.05, 0) is 56.3 Å². The Labute approximate surface area is 203 Å². The Morgan fingerprint density at radius 2 is 1.89 bits per heavy atom. The number of nitrogens with one attached hydrogen (secondary N) is 2. The van der Waals surface area contributed by atoms with Crippen LogP contribution in [0, 0.1) is 11.7 Å². The van der Waals surface area contributed by atoms with E-state index in [0.717, 1.165) is 16.1 Å². The fourth-order valence-electron chi connectivity index (χ4n) is 4.83. The molecule has 0 saturated carbocycles. The number of alkyl halides is 3. The smallest absolute Gasteiger partial charge is 0.330 e. The summed E-state index contributed by atoms with van der Waals surface area (Å²) in [6.45, 7) is 1.96. The zero-order valence-electron chi connectivity index (χ0n) is 19.0. The van der Waals surface area contributed by atoms with Crippen LogP contribution < -0.4 is 10.4 Å². The first-order valence-electron chi connectivity index (χ1n) is 11.5. The molecule has 1 fully saturated rings. The second kappa shape index (κ2) is 9.41. The summed E-state index contributed by atoms with van der Waals surface area (Å²) in [4.78, 5) is 31.3. The minimum absolute atomic E-state index is 0.119. The molecule has 0 spiro atoms. The molecule has 5 rings (SSSR count). The quantitative estimate of drug-likeness (QED) is 0.516. The van der Waals surface area contributed by atoms with Crippen LogP contribution in [0.5, 0.6) is 0 Å². The van der Waals surface area contributed by atoms with Gasteiger partial charge in [0.15, 0.2) is 0 Å². The third kappa shape index (κ3) is 4.72. The monoisotopic (exact) mass is 505 g/mol. The standard InChI is InChI=1S/C24H23F4N5O3/c25-15-5-6-16-18(30-31-19(16)13-15)9-12-32-10-7-14(8-11-32)21-29-22(34)17-3-1-2-4-20(17)33(21)36-23(35)24(26,27)28/h1-6,13-14,21H,7-12H2,(H,29,34)(H,30,31). The van der Waals surface area contributed by atoms with Crippen LogP contribution in [0.1, 0.15) is 28.9 Å². The van der Waals surface area contributed by atoms with E-state index in [9.17, 15) is 27.2 Å². The van der Waals surface area contributed by atoms with E-state index >= 15 is 0 Å². The minimum atomic E-state index is -5.17. The highest BCUT2D eigenvalue weighted by Crippen LogP contribution is 2.34. The van der Waals surface area contributed by atoms with E-state index in [1.165, 1.54) is 24.3 Å². The molecule has 36 heavy (non-hydrogen) atoms. The number of para-hydroxylation sites is 1. The molecule has 190 valence electrons. The van der Waals surface area contributed by atoms with Gasteiger partial charge in [0.1, 0.15) is 12.0 Å². The molecule has 2 N–H and O–H groups in total. The fraction of sp³-hybridized carbons (Fsp3) is 0.375. The molecule has 2 aromatic carbocycles. The highest BCUT2D eigenvalue weighted by atomic mass is 19.4. The van der Waals surface area contributed by atoms with Crippen molar-refractivity contribution in [1.29, 1.82) is 0 Å².